The van der Waals surface area contributed by atoms with Crippen molar-refractivity contribution in [3.8, 4) is 0 Å². The van der Waals surface area contributed by atoms with Crippen LogP contribution in [0.4, 0.5) is 0 Å². The van der Waals surface area contributed by atoms with Crippen LogP contribution >= 0.6 is 0 Å². The Bertz CT molecular complexity index is 205. The fraction of sp³-hybridized carbons (Fsp3) is 1.00. The molecule has 0 bridgehead atoms. The van der Waals surface area contributed by atoms with Crippen molar-refractivity contribution < 1.29 is 0 Å². The highest BCUT2D eigenvalue weighted by Crippen LogP contribution is 2.14. The molecular formula is C13H28N4. The summed E-state index contributed by atoms with van der Waals surface area (Å²) in [5, 5.41) is 3.42. The summed E-state index contributed by atoms with van der Waals surface area (Å²) >= 11 is 0. The summed E-state index contributed by atoms with van der Waals surface area (Å²) in [5.74, 6) is 0. The van der Waals surface area contributed by atoms with Gasteiger partial charge in [-0.1, -0.05) is 13.8 Å². The van der Waals surface area contributed by atoms with Gasteiger partial charge in [-0.2, -0.15) is 0 Å². The Balaban J connectivity index is 1.58. The van der Waals surface area contributed by atoms with Gasteiger partial charge >= 0.3 is 0 Å². The van der Waals surface area contributed by atoms with Gasteiger partial charge in [0, 0.05) is 58.4 Å². The second-order valence-corrected chi connectivity index (χ2v) is 5.23. The SMILES string of the molecule is CCN(CC)CCN1CC(N2CCNCC2)C1. The number of likely N-dealkylation sites (N-methyl/N-ethyl adjacent to an activating group) is 1. The third kappa shape index (κ3) is 3.65. The first-order valence-electron chi connectivity index (χ1n) is 7.23. The minimum Gasteiger partial charge on any atom is -0.314 e. The molecular weight excluding hydrogens is 212 g/mol. The average molecular weight is 240 g/mol. The lowest BCUT2D eigenvalue weighted by molar-refractivity contribution is 0.0223. The fourth-order valence-electron chi connectivity index (χ4n) is 2.83. The maximum absolute atomic E-state index is 3.42. The second-order valence-electron chi connectivity index (χ2n) is 5.23. The van der Waals surface area contributed by atoms with E-state index >= 15 is 0 Å². The Morgan fingerprint density at radius 1 is 1.12 bits per heavy atom. The summed E-state index contributed by atoms with van der Waals surface area (Å²) < 4.78 is 0. The van der Waals surface area contributed by atoms with Crippen LogP contribution in [-0.2, 0) is 0 Å². The molecule has 4 nitrogen and oxygen atoms in total. The van der Waals surface area contributed by atoms with Crippen LogP contribution in [0.5, 0.6) is 0 Å². The molecule has 0 aliphatic carbocycles. The molecule has 0 radical (unpaired) electrons. The Labute approximate surface area is 106 Å². The van der Waals surface area contributed by atoms with Crippen LogP contribution in [0.3, 0.4) is 0 Å². The molecule has 0 aromatic rings. The van der Waals surface area contributed by atoms with Gasteiger partial charge in [-0.15, -0.1) is 0 Å². The van der Waals surface area contributed by atoms with E-state index in [2.05, 4.69) is 33.9 Å². The Morgan fingerprint density at radius 3 is 2.35 bits per heavy atom. The summed E-state index contributed by atoms with van der Waals surface area (Å²) in [4.78, 5) is 7.77. The second kappa shape index (κ2) is 6.69. The Kier molecular flexibility index (Phi) is 5.22. The molecule has 0 saturated carbocycles. The van der Waals surface area contributed by atoms with Gasteiger partial charge in [-0.05, 0) is 13.1 Å². The molecule has 0 unspecified atom stereocenters. The van der Waals surface area contributed by atoms with E-state index in [1.54, 1.807) is 0 Å². The van der Waals surface area contributed by atoms with E-state index in [1.165, 1.54) is 65.4 Å². The summed E-state index contributed by atoms with van der Waals surface area (Å²) in [6, 6.07) is 0.841. The van der Waals surface area contributed by atoms with E-state index in [0.717, 1.165) is 6.04 Å². The fourth-order valence-corrected chi connectivity index (χ4v) is 2.83. The molecule has 2 aliphatic heterocycles. The third-order valence-electron chi connectivity index (χ3n) is 4.23. The molecule has 2 aliphatic rings. The average Bonchev–Trinajstić information content (AvgIpc) is 2.33. The van der Waals surface area contributed by atoms with Crippen molar-refractivity contribution in [1.82, 2.24) is 20.0 Å². The van der Waals surface area contributed by atoms with Crippen molar-refractivity contribution >= 4 is 0 Å². The smallest absolute Gasteiger partial charge is 0.0351 e. The molecule has 0 amide bonds. The molecule has 2 saturated heterocycles. The number of nitrogens with zero attached hydrogens (tertiary/aromatic N) is 3. The molecule has 0 aromatic heterocycles. The molecule has 1 N–H and O–H groups in total. The van der Waals surface area contributed by atoms with E-state index in [-0.39, 0.29) is 0 Å². The standard InChI is InChI=1S/C13H28N4/c1-3-15(4-2)9-10-16-11-13(12-16)17-7-5-14-6-8-17/h13-14H,3-12H2,1-2H3. The van der Waals surface area contributed by atoms with Crippen LogP contribution < -0.4 is 5.32 Å². The van der Waals surface area contributed by atoms with Crippen LogP contribution in [-0.4, -0.2) is 86.2 Å². The lowest BCUT2D eigenvalue weighted by atomic mass is 10.1. The maximum Gasteiger partial charge on any atom is 0.0351 e. The van der Waals surface area contributed by atoms with Gasteiger partial charge in [0.15, 0.2) is 0 Å². The van der Waals surface area contributed by atoms with Crippen molar-refractivity contribution in [2.24, 2.45) is 0 Å². The van der Waals surface area contributed by atoms with Crippen LogP contribution in [0.25, 0.3) is 0 Å². The molecule has 4 heteroatoms. The Morgan fingerprint density at radius 2 is 1.76 bits per heavy atom. The largest absolute Gasteiger partial charge is 0.314 e. The molecule has 0 atom stereocenters. The van der Waals surface area contributed by atoms with E-state index in [4.69, 9.17) is 0 Å². The van der Waals surface area contributed by atoms with E-state index < -0.39 is 0 Å². The van der Waals surface area contributed by atoms with Crippen LogP contribution in [0.2, 0.25) is 0 Å². The summed E-state index contributed by atoms with van der Waals surface area (Å²) in [6.07, 6.45) is 0. The van der Waals surface area contributed by atoms with Crippen molar-refractivity contribution in [1.29, 1.82) is 0 Å². The lowest BCUT2D eigenvalue weighted by Gasteiger charge is -2.47. The number of nitrogens with one attached hydrogen (secondary N) is 1. The van der Waals surface area contributed by atoms with Gasteiger partial charge < -0.3 is 10.2 Å². The van der Waals surface area contributed by atoms with E-state index in [1.807, 2.05) is 0 Å². The molecule has 2 fully saturated rings. The van der Waals surface area contributed by atoms with Crippen LogP contribution in [0.15, 0.2) is 0 Å². The van der Waals surface area contributed by atoms with E-state index in [9.17, 15) is 0 Å². The van der Waals surface area contributed by atoms with Gasteiger partial charge in [-0.3, -0.25) is 9.80 Å². The first-order valence-corrected chi connectivity index (χ1v) is 7.23. The van der Waals surface area contributed by atoms with Crippen LogP contribution in [0, 0.1) is 0 Å². The molecule has 0 spiro atoms. The van der Waals surface area contributed by atoms with Gasteiger partial charge in [0.1, 0.15) is 0 Å². The van der Waals surface area contributed by atoms with Crippen molar-refractivity contribution in [2.75, 3.05) is 65.4 Å². The molecule has 17 heavy (non-hydrogen) atoms. The zero-order valence-electron chi connectivity index (χ0n) is 11.5. The number of hydrogen-bond acceptors (Lipinski definition) is 4. The third-order valence-corrected chi connectivity index (χ3v) is 4.23. The number of likely N-dealkylation sites (tertiary alicyclic amines) is 1. The summed E-state index contributed by atoms with van der Waals surface area (Å²) in [5.41, 5.74) is 0. The van der Waals surface area contributed by atoms with Gasteiger partial charge in [-0.25, -0.2) is 0 Å². The topological polar surface area (TPSA) is 21.8 Å². The quantitative estimate of drug-likeness (QED) is 0.701. The van der Waals surface area contributed by atoms with Crippen molar-refractivity contribution in [2.45, 2.75) is 19.9 Å². The zero-order valence-corrected chi connectivity index (χ0v) is 11.5. The van der Waals surface area contributed by atoms with Crippen LogP contribution in [0.1, 0.15) is 13.8 Å². The normalized spacial score (nSPS) is 24.2. The molecule has 100 valence electrons. The summed E-state index contributed by atoms with van der Waals surface area (Å²) in [6.45, 7) is 16.8. The first-order chi connectivity index (χ1) is 8.33. The minimum atomic E-state index is 0.841. The Hall–Kier alpha value is -0.160. The zero-order chi connectivity index (χ0) is 12.1. The number of hydrogen-bond donors (Lipinski definition) is 1. The highest BCUT2D eigenvalue weighted by Gasteiger charge is 2.31. The first kappa shape index (κ1) is 13.3. The van der Waals surface area contributed by atoms with Crippen molar-refractivity contribution in [3.05, 3.63) is 0 Å². The van der Waals surface area contributed by atoms with Gasteiger partial charge in [0.05, 0.1) is 0 Å². The molecule has 2 heterocycles. The van der Waals surface area contributed by atoms with Gasteiger partial charge in [0.2, 0.25) is 0 Å². The minimum absolute atomic E-state index is 0.841. The molecule has 2 rings (SSSR count). The summed E-state index contributed by atoms with van der Waals surface area (Å²) in [7, 11) is 0. The number of rotatable bonds is 6. The lowest BCUT2D eigenvalue weighted by Crippen LogP contribution is -2.63. The highest BCUT2D eigenvalue weighted by molar-refractivity contribution is 4.89. The monoisotopic (exact) mass is 240 g/mol. The van der Waals surface area contributed by atoms with Crippen molar-refractivity contribution in [3.63, 3.8) is 0 Å². The predicted molar refractivity (Wildman–Crippen MR) is 72.5 cm³/mol. The predicted octanol–water partition coefficient (Wildman–Crippen LogP) is -0.0824. The maximum atomic E-state index is 3.42. The molecule has 0 aromatic carbocycles. The van der Waals surface area contributed by atoms with E-state index in [0.29, 0.717) is 0 Å². The number of piperazine rings is 1. The highest BCUT2D eigenvalue weighted by atomic mass is 15.3. The van der Waals surface area contributed by atoms with Gasteiger partial charge in [0.25, 0.3) is 0 Å².